The van der Waals surface area contributed by atoms with Crippen LogP contribution in [0, 0.1) is 0 Å². The second kappa shape index (κ2) is 5.87. The predicted octanol–water partition coefficient (Wildman–Crippen LogP) is 2.62. The molecule has 0 aromatic heterocycles. The number of benzene rings is 1. The van der Waals surface area contributed by atoms with E-state index >= 15 is 0 Å². The van der Waals surface area contributed by atoms with Crippen LogP contribution in [-0.2, 0) is 4.79 Å². The SMILES string of the molecule is CC(C)c1ccc(C(=O)N(C)CC(=O)O)cc1Cl. The largest absolute Gasteiger partial charge is 0.480 e. The molecule has 0 aliphatic heterocycles. The number of carboxylic acid groups (broad SMARTS) is 1. The predicted molar refractivity (Wildman–Crippen MR) is 70.1 cm³/mol. The maximum atomic E-state index is 11.9. The Kier molecular flexibility index (Phi) is 4.73. The monoisotopic (exact) mass is 269 g/mol. The van der Waals surface area contributed by atoms with Crippen molar-refractivity contribution in [1.82, 2.24) is 4.90 Å². The molecular formula is C13H16ClNO3. The number of likely N-dealkylation sites (N-methyl/N-ethyl adjacent to an activating group) is 1. The lowest BCUT2D eigenvalue weighted by Crippen LogP contribution is -2.31. The van der Waals surface area contributed by atoms with Gasteiger partial charge in [-0.1, -0.05) is 31.5 Å². The minimum atomic E-state index is -1.05. The number of hydrogen-bond donors (Lipinski definition) is 1. The molecule has 0 heterocycles. The third-order valence-electron chi connectivity index (χ3n) is 2.59. The Hall–Kier alpha value is -1.55. The first-order chi connectivity index (χ1) is 8.32. The van der Waals surface area contributed by atoms with Gasteiger partial charge in [-0.15, -0.1) is 0 Å². The number of hydrogen-bond acceptors (Lipinski definition) is 2. The Labute approximate surface area is 111 Å². The molecule has 5 heteroatoms. The van der Waals surface area contributed by atoms with Gasteiger partial charge < -0.3 is 10.0 Å². The lowest BCUT2D eigenvalue weighted by atomic mass is 10.0. The summed E-state index contributed by atoms with van der Waals surface area (Å²) in [6.07, 6.45) is 0. The van der Waals surface area contributed by atoms with Gasteiger partial charge >= 0.3 is 5.97 Å². The summed E-state index contributed by atoms with van der Waals surface area (Å²) in [6, 6.07) is 5.05. The Morgan fingerprint density at radius 3 is 2.44 bits per heavy atom. The van der Waals surface area contributed by atoms with Crippen LogP contribution in [0.3, 0.4) is 0 Å². The summed E-state index contributed by atoms with van der Waals surface area (Å²) >= 11 is 6.09. The van der Waals surface area contributed by atoms with Crippen LogP contribution in [-0.4, -0.2) is 35.5 Å². The molecule has 0 spiro atoms. The van der Waals surface area contributed by atoms with Crippen molar-refractivity contribution in [2.75, 3.05) is 13.6 Å². The number of carbonyl (C=O) groups excluding carboxylic acids is 1. The van der Waals surface area contributed by atoms with E-state index in [0.717, 1.165) is 10.5 Å². The molecule has 1 aromatic rings. The van der Waals surface area contributed by atoms with Crippen LogP contribution >= 0.6 is 11.6 Å². The fourth-order valence-electron chi connectivity index (χ4n) is 1.62. The maximum absolute atomic E-state index is 11.9. The highest BCUT2D eigenvalue weighted by Crippen LogP contribution is 2.25. The molecule has 1 amide bonds. The van der Waals surface area contributed by atoms with Crippen LogP contribution in [0.25, 0.3) is 0 Å². The summed E-state index contributed by atoms with van der Waals surface area (Å²) in [5, 5.41) is 9.16. The molecule has 0 aliphatic rings. The Morgan fingerprint density at radius 1 is 1.39 bits per heavy atom. The summed E-state index contributed by atoms with van der Waals surface area (Å²) in [4.78, 5) is 23.6. The van der Waals surface area contributed by atoms with Crippen molar-refractivity contribution in [3.05, 3.63) is 34.3 Å². The van der Waals surface area contributed by atoms with Crippen molar-refractivity contribution in [3.63, 3.8) is 0 Å². The van der Waals surface area contributed by atoms with Gasteiger partial charge in [-0.3, -0.25) is 9.59 Å². The summed E-state index contributed by atoms with van der Waals surface area (Å²) in [6.45, 7) is 3.70. The number of carbonyl (C=O) groups is 2. The Balaban J connectivity index is 2.94. The summed E-state index contributed by atoms with van der Waals surface area (Å²) in [5.74, 6) is -1.12. The highest BCUT2D eigenvalue weighted by Gasteiger charge is 2.16. The minimum Gasteiger partial charge on any atom is -0.480 e. The standard InChI is InChI=1S/C13H16ClNO3/c1-8(2)10-5-4-9(6-11(10)14)13(18)15(3)7-12(16)17/h4-6,8H,7H2,1-3H3,(H,16,17). The van der Waals surface area contributed by atoms with E-state index in [1.165, 1.54) is 7.05 Å². The van der Waals surface area contributed by atoms with Gasteiger partial charge in [0.25, 0.3) is 5.91 Å². The van der Waals surface area contributed by atoms with E-state index in [9.17, 15) is 9.59 Å². The summed E-state index contributed by atoms with van der Waals surface area (Å²) in [7, 11) is 1.45. The number of halogens is 1. The molecule has 0 radical (unpaired) electrons. The van der Waals surface area contributed by atoms with E-state index in [1.807, 2.05) is 13.8 Å². The normalized spacial score (nSPS) is 10.5. The van der Waals surface area contributed by atoms with Gasteiger partial charge in [0, 0.05) is 17.6 Å². The first-order valence-corrected chi connectivity index (χ1v) is 5.97. The highest BCUT2D eigenvalue weighted by atomic mass is 35.5. The molecule has 1 aromatic carbocycles. The third kappa shape index (κ3) is 3.47. The lowest BCUT2D eigenvalue weighted by Gasteiger charge is -2.16. The van der Waals surface area contributed by atoms with E-state index in [-0.39, 0.29) is 18.4 Å². The molecule has 0 saturated heterocycles. The van der Waals surface area contributed by atoms with Crippen molar-refractivity contribution in [1.29, 1.82) is 0 Å². The van der Waals surface area contributed by atoms with Gasteiger partial charge in [-0.25, -0.2) is 0 Å². The molecule has 1 rings (SSSR count). The molecule has 0 saturated carbocycles. The second-order valence-corrected chi connectivity index (χ2v) is 4.85. The van der Waals surface area contributed by atoms with E-state index in [0.29, 0.717) is 10.6 Å². The van der Waals surface area contributed by atoms with Crippen LogP contribution in [0.15, 0.2) is 18.2 Å². The van der Waals surface area contributed by atoms with Crippen LogP contribution in [0.4, 0.5) is 0 Å². The Bertz CT molecular complexity index is 471. The molecule has 0 bridgehead atoms. The van der Waals surface area contributed by atoms with Gasteiger partial charge in [-0.2, -0.15) is 0 Å². The van der Waals surface area contributed by atoms with Crippen molar-refractivity contribution in [3.8, 4) is 0 Å². The number of nitrogens with zero attached hydrogens (tertiary/aromatic N) is 1. The zero-order valence-corrected chi connectivity index (χ0v) is 11.4. The van der Waals surface area contributed by atoms with Crippen molar-refractivity contribution in [2.24, 2.45) is 0 Å². The second-order valence-electron chi connectivity index (χ2n) is 4.45. The van der Waals surface area contributed by atoms with Gasteiger partial charge in [-0.05, 0) is 23.6 Å². The van der Waals surface area contributed by atoms with Crippen molar-refractivity contribution >= 4 is 23.5 Å². The Morgan fingerprint density at radius 2 is 2.00 bits per heavy atom. The van der Waals surface area contributed by atoms with Crippen LogP contribution < -0.4 is 0 Å². The van der Waals surface area contributed by atoms with Crippen LogP contribution in [0.2, 0.25) is 5.02 Å². The fourth-order valence-corrected chi connectivity index (χ4v) is 2.02. The van der Waals surface area contributed by atoms with Gasteiger partial charge in [0.1, 0.15) is 6.54 Å². The fraction of sp³-hybridized carbons (Fsp3) is 0.385. The van der Waals surface area contributed by atoms with Gasteiger partial charge in [0.15, 0.2) is 0 Å². The van der Waals surface area contributed by atoms with Gasteiger partial charge in [0.05, 0.1) is 0 Å². The van der Waals surface area contributed by atoms with Crippen molar-refractivity contribution in [2.45, 2.75) is 19.8 Å². The number of carboxylic acids is 1. The summed E-state index contributed by atoms with van der Waals surface area (Å²) in [5.41, 5.74) is 1.36. The van der Waals surface area contributed by atoms with Crippen LogP contribution in [0.1, 0.15) is 35.7 Å². The molecule has 0 fully saturated rings. The molecule has 1 N–H and O–H groups in total. The zero-order chi connectivity index (χ0) is 13.9. The first-order valence-electron chi connectivity index (χ1n) is 5.59. The molecule has 18 heavy (non-hydrogen) atoms. The zero-order valence-electron chi connectivity index (χ0n) is 10.6. The van der Waals surface area contributed by atoms with E-state index < -0.39 is 5.97 Å². The number of amides is 1. The molecular weight excluding hydrogens is 254 g/mol. The number of rotatable bonds is 4. The smallest absolute Gasteiger partial charge is 0.323 e. The van der Waals surface area contributed by atoms with Gasteiger partial charge in [0.2, 0.25) is 0 Å². The van der Waals surface area contributed by atoms with E-state index in [4.69, 9.17) is 16.7 Å². The molecule has 0 atom stereocenters. The molecule has 0 aliphatic carbocycles. The van der Waals surface area contributed by atoms with E-state index in [2.05, 4.69) is 0 Å². The van der Waals surface area contributed by atoms with Crippen LogP contribution in [0.5, 0.6) is 0 Å². The topological polar surface area (TPSA) is 57.6 Å². The molecule has 98 valence electrons. The molecule has 4 nitrogen and oxygen atoms in total. The first kappa shape index (κ1) is 14.5. The number of aliphatic carboxylic acids is 1. The van der Waals surface area contributed by atoms with E-state index in [1.54, 1.807) is 18.2 Å². The molecule has 0 unspecified atom stereocenters. The third-order valence-corrected chi connectivity index (χ3v) is 2.92. The summed E-state index contributed by atoms with van der Waals surface area (Å²) < 4.78 is 0. The quantitative estimate of drug-likeness (QED) is 0.914. The lowest BCUT2D eigenvalue weighted by molar-refractivity contribution is -0.137. The average Bonchev–Trinajstić information content (AvgIpc) is 2.26. The van der Waals surface area contributed by atoms with Crippen molar-refractivity contribution < 1.29 is 14.7 Å². The minimum absolute atomic E-state index is 0.276. The maximum Gasteiger partial charge on any atom is 0.323 e. The highest BCUT2D eigenvalue weighted by molar-refractivity contribution is 6.31. The average molecular weight is 270 g/mol.